The van der Waals surface area contributed by atoms with E-state index < -0.39 is 0 Å². The quantitative estimate of drug-likeness (QED) is 0.871. The molecule has 1 atom stereocenters. The Kier molecular flexibility index (Phi) is 6.90. The van der Waals surface area contributed by atoms with Gasteiger partial charge in [0.1, 0.15) is 0 Å². The molecule has 0 spiro atoms. The van der Waals surface area contributed by atoms with Crippen LogP contribution in [0.1, 0.15) is 43.7 Å². The van der Waals surface area contributed by atoms with Crippen molar-refractivity contribution < 1.29 is 4.79 Å². The van der Waals surface area contributed by atoms with Gasteiger partial charge in [0.25, 0.3) is 0 Å². The van der Waals surface area contributed by atoms with E-state index in [4.69, 9.17) is 0 Å². The molecule has 1 aromatic carbocycles. The van der Waals surface area contributed by atoms with E-state index in [9.17, 15) is 4.79 Å². The third-order valence-corrected chi connectivity index (χ3v) is 4.86. The average molecular weight is 317 g/mol. The van der Waals surface area contributed by atoms with Crippen LogP contribution >= 0.6 is 0 Å². The summed E-state index contributed by atoms with van der Waals surface area (Å²) in [5.74, 6) is 0.679. The van der Waals surface area contributed by atoms with E-state index in [2.05, 4.69) is 36.4 Å². The first kappa shape index (κ1) is 17.8. The Morgan fingerprint density at radius 1 is 1.13 bits per heavy atom. The number of carbonyl (C=O) groups excluding carboxylic acids is 1. The minimum absolute atomic E-state index is 0.0401. The molecule has 23 heavy (non-hydrogen) atoms. The van der Waals surface area contributed by atoms with Gasteiger partial charge in [-0.15, -0.1) is 0 Å². The summed E-state index contributed by atoms with van der Waals surface area (Å²) in [4.78, 5) is 16.4. The van der Waals surface area contributed by atoms with Crippen LogP contribution in [0.3, 0.4) is 0 Å². The lowest BCUT2D eigenvalue weighted by molar-refractivity contribution is 0.187. The van der Waals surface area contributed by atoms with Crippen molar-refractivity contribution in [2.45, 2.75) is 38.1 Å². The molecule has 0 aliphatic heterocycles. The van der Waals surface area contributed by atoms with Crippen molar-refractivity contribution in [1.29, 1.82) is 0 Å². The number of hydrogen-bond donors (Lipinski definition) is 1. The molecule has 1 aliphatic carbocycles. The van der Waals surface area contributed by atoms with Gasteiger partial charge in [-0.1, -0.05) is 49.6 Å². The predicted octanol–water partition coefficient (Wildman–Crippen LogP) is 3.51. The number of likely N-dealkylation sites (N-methyl/N-ethyl adjacent to an activating group) is 1. The maximum Gasteiger partial charge on any atom is 0.317 e. The Morgan fingerprint density at radius 3 is 2.39 bits per heavy atom. The molecule has 1 aromatic rings. The van der Waals surface area contributed by atoms with E-state index in [-0.39, 0.29) is 12.1 Å². The number of nitrogens with one attached hydrogen (secondary N) is 1. The zero-order chi connectivity index (χ0) is 16.7. The highest BCUT2D eigenvalue weighted by Gasteiger charge is 2.20. The highest BCUT2D eigenvalue weighted by molar-refractivity contribution is 5.73. The molecule has 4 heteroatoms. The van der Waals surface area contributed by atoms with Crippen molar-refractivity contribution in [1.82, 2.24) is 15.1 Å². The summed E-state index contributed by atoms with van der Waals surface area (Å²) < 4.78 is 0. The molecule has 0 bridgehead atoms. The Bertz CT molecular complexity index is 469. The van der Waals surface area contributed by atoms with E-state index in [1.807, 2.05) is 30.1 Å². The first-order chi connectivity index (χ1) is 11.1. The summed E-state index contributed by atoms with van der Waals surface area (Å²) in [6.07, 6.45) is 6.52. The van der Waals surface area contributed by atoms with Crippen molar-refractivity contribution in [3.8, 4) is 0 Å². The number of hydrogen-bond acceptors (Lipinski definition) is 2. The fraction of sp³-hybridized carbons (Fsp3) is 0.632. The first-order valence-electron chi connectivity index (χ1n) is 8.78. The highest BCUT2D eigenvalue weighted by atomic mass is 16.2. The van der Waals surface area contributed by atoms with Crippen LogP contribution < -0.4 is 5.32 Å². The molecule has 0 saturated heterocycles. The van der Waals surface area contributed by atoms with Crippen molar-refractivity contribution in [3.63, 3.8) is 0 Å². The highest BCUT2D eigenvalue weighted by Crippen LogP contribution is 2.24. The third-order valence-electron chi connectivity index (χ3n) is 4.86. The van der Waals surface area contributed by atoms with E-state index in [1.165, 1.54) is 37.7 Å². The van der Waals surface area contributed by atoms with Crippen LogP contribution in [0, 0.1) is 5.92 Å². The molecule has 0 aromatic heterocycles. The van der Waals surface area contributed by atoms with Crippen molar-refractivity contribution in [2.75, 3.05) is 34.2 Å². The minimum atomic E-state index is 0.0401. The van der Waals surface area contributed by atoms with Crippen molar-refractivity contribution in [3.05, 3.63) is 35.9 Å². The summed E-state index contributed by atoms with van der Waals surface area (Å²) >= 11 is 0. The maximum absolute atomic E-state index is 12.4. The van der Waals surface area contributed by atoms with Gasteiger partial charge in [-0.3, -0.25) is 0 Å². The monoisotopic (exact) mass is 317 g/mol. The molecule has 128 valence electrons. The lowest BCUT2D eigenvalue weighted by atomic mass is 9.89. The van der Waals surface area contributed by atoms with E-state index in [0.29, 0.717) is 12.5 Å². The zero-order valence-corrected chi connectivity index (χ0v) is 14.8. The summed E-state index contributed by atoms with van der Waals surface area (Å²) in [6.45, 7) is 1.51. The second-order valence-electron chi connectivity index (χ2n) is 6.96. The smallest absolute Gasteiger partial charge is 0.317 e. The van der Waals surface area contributed by atoms with E-state index in [0.717, 1.165) is 6.54 Å². The van der Waals surface area contributed by atoms with Gasteiger partial charge < -0.3 is 15.1 Å². The summed E-state index contributed by atoms with van der Waals surface area (Å²) in [5, 5.41) is 3.10. The number of carbonyl (C=O) groups is 1. The summed E-state index contributed by atoms with van der Waals surface area (Å²) in [5.41, 5.74) is 1.23. The van der Waals surface area contributed by atoms with Crippen LogP contribution in [-0.2, 0) is 0 Å². The maximum atomic E-state index is 12.4. The fourth-order valence-corrected chi connectivity index (χ4v) is 3.43. The fourth-order valence-electron chi connectivity index (χ4n) is 3.43. The molecular formula is C19H31N3O. The Labute approximate surface area is 140 Å². The molecule has 1 unspecified atom stereocenters. The van der Waals surface area contributed by atoms with Crippen LogP contribution in [0.4, 0.5) is 4.79 Å². The number of amides is 2. The topological polar surface area (TPSA) is 35.6 Å². The van der Waals surface area contributed by atoms with Crippen LogP contribution in [0.25, 0.3) is 0 Å². The SMILES string of the molecule is CN(CC1CCCCC1)C(=O)NCC(c1ccccc1)N(C)C. The number of urea groups is 1. The van der Waals surface area contributed by atoms with Gasteiger partial charge >= 0.3 is 6.03 Å². The number of rotatable bonds is 6. The number of nitrogens with zero attached hydrogens (tertiary/aromatic N) is 2. The largest absolute Gasteiger partial charge is 0.336 e. The Morgan fingerprint density at radius 2 is 1.78 bits per heavy atom. The van der Waals surface area contributed by atoms with Gasteiger partial charge in [-0.2, -0.15) is 0 Å². The average Bonchev–Trinajstić information content (AvgIpc) is 2.56. The second-order valence-corrected chi connectivity index (χ2v) is 6.96. The van der Waals surface area contributed by atoms with Crippen LogP contribution in [0.2, 0.25) is 0 Å². The Balaban J connectivity index is 1.83. The summed E-state index contributed by atoms with van der Waals surface area (Å²) in [6, 6.07) is 10.6. The lowest BCUT2D eigenvalue weighted by Gasteiger charge is -2.29. The van der Waals surface area contributed by atoms with Crippen molar-refractivity contribution >= 4 is 6.03 Å². The first-order valence-corrected chi connectivity index (χ1v) is 8.78. The predicted molar refractivity (Wildman–Crippen MR) is 95.5 cm³/mol. The number of benzene rings is 1. The lowest BCUT2D eigenvalue weighted by Crippen LogP contribution is -2.43. The molecule has 1 aliphatic rings. The van der Waals surface area contributed by atoms with Crippen molar-refractivity contribution in [2.24, 2.45) is 5.92 Å². The van der Waals surface area contributed by atoms with Crippen LogP contribution in [-0.4, -0.2) is 50.1 Å². The zero-order valence-electron chi connectivity index (χ0n) is 14.8. The van der Waals surface area contributed by atoms with Gasteiger partial charge in [0.05, 0.1) is 6.04 Å². The normalized spacial score (nSPS) is 17.0. The molecule has 1 saturated carbocycles. The van der Waals surface area contributed by atoms with Gasteiger partial charge in [0.15, 0.2) is 0 Å². The van der Waals surface area contributed by atoms with Gasteiger partial charge in [0, 0.05) is 20.1 Å². The molecular weight excluding hydrogens is 286 g/mol. The van der Waals surface area contributed by atoms with Gasteiger partial charge in [-0.25, -0.2) is 4.79 Å². The standard InChI is InChI=1S/C19H31N3O/c1-21(2)18(17-12-8-5-9-13-17)14-20-19(23)22(3)15-16-10-6-4-7-11-16/h5,8-9,12-13,16,18H,4,6-7,10-11,14-15H2,1-3H3,(H,20,23). The molecule has 0 radical (unpaired) electrons. The molecule has 1 N–H and O–H groups in total. The van der Waals surface area contributed by atoms with Crippen LogP contribution in [0.5, 0.6) is 0 Å². The third kappa shape index (κ3) is 5.54. The van der Waals surface area contributed by atoms with Gasteiger partial charge in [-0.05, 0) is 38.4 Å². The molecule has 2 amide bonds. The van der Waals surface area contributed by atoms with Crippen LogP contribution in [0.15, 0.2) is 30.3 Å². The molecule has 2 rings (SSSR count). The second kappa shape index (κ2) is 8.92. The Hall–Kier alpha value is -1.55. The van der Waals surface area contributed by atoms with Gasteiger partial charge in [0.2, 0.25) is 0 Å². The summed E-state index contributed by atoms with van der Waals surface area (Å²) in [7, 11) is 6.02. The van der Waals surface area contributed by atoms with E-state index in [1.54, 1.807) is 0 Å². The molecule has 1 fully saturated rings. The van der Waals surface area contributed by atoms with E-state index >= 15 is 0 Å². The molecule has 0 heterocycles. The molecule has 4 nitrogen and oxygen atoms in total. The minimum Gasteiger partial charge on any atom is -0.336 e.